The van der Waals surface area contributed by atoms with Crippen molar-refractivity contribution in [3.63, 3.8) is 0 Å². The molecule has 0 saturated carbocycles. The number of halogens is 3. The summed E-state index contributed by atoms with van der Waals surface area (Å²) in [5.74, 6) is -0.631. The maximum Gasteiger partial charge on any atom is 0.416 e. The van der Waals surface area contributed by atoms with E-state index in [2.05, 4.69) is 32.4 Å². The number of hydrogen-bond donors (Lipinski definition) is 1. The highest BCUT2D eigenvalue weighted by Gasteiger charge is 2.30. The molecule has 0 bridgehead atoms. The van der Waals surface area contributed by atoms with Crippen molar-refractivity contribution in [3.8, 4) is 22.4 Å². The zero-order valence-corrected chi connectivity index (χ0v) is 21.4. The highest BCUT2D eigenvalue weighted by Crippen LogP contribution is 2.31. The summed E-state index contributed by atoms with van der Waals surface area (Å²) >= 11 is 0. The highest BCUT2D eigenvalue weighted by atomic mass is 19.4. The average molecular weight is 530 g/mol. The van der Waals surface area contributed by atoms with Crippen LogP contribution in [0.2, 0.25) is 0 Å². The quantitative estimate of drug-likeness (QED) is 0.264. The Kier molecular flexibility index (Phi) is 7.17. The fraction of sp³-hybridized carbons (Fsp3) is 0.167. The molecule has 0 unspecified atom stereocenters. The summed E-state index contributed by atoms with van der Waals surface area (Å²) < 4.78 is 41.0. The molecule has 39 heavy (non-hydrogen) atoms. The maximum absolute atomic E-state index is 13.1. The van der Waals surface area contributed by atoms with Crippen LogP contribution in [0.3, 0.4) is 0 Å². The Hall–Kier alpha value is -4.50. The Morgan fingerprint density at radius 3 is 2.51 bits per heavy atom. The van der Waals surface area contributed by atoms with Gasteiger partial charge in [0.25, 0.3) is 5.91 Å². The molecule has 0 aliphatic rings. The lowest BCUT2D eigenvalue weighted by Crippen LogP contribution is -2.14. The number of amides is 1. The van der Waals surface area contributed by atoms with E-state index in [1.54, 1.807) is 35.1 Å². The molecule has 2 aromatic heterocycles. The average Bonchev–Trinajstić information content (AvgIpc) is 3.36. The molecule has 0 fully saturated rings. The molecule has 0 aliphatic heterocycles. The predicted molar refractivity (Wildman–Crippen MR) is 146 cm³/mol. The van der Waals surface area contributed by atoms with Crippen LogP contribution >= 0.6 is 0 Å². The van der Waals surface area contributed by atoms with Crippen LogP contribution < -0.4 is 5.32 Å². The number of alkyl halides is 3. The number of fused-ring (bicyclic) bond motifs is 1. The highest BCUT2D eigenvalue weighted by molar-refractivity contribution is 6.04. The van der Waals surface area contributed by atoms with E-state index < -0.39 is 17.6 Å². The van der Waals surface area contributed by atoms with Crippen molar-refractivity contribution >= 4 is 17.2 Å². The van der Waals surface area contributed by atoms with Gasteiger partial charge in [0.15, 0.2) is 5.65 Å². The van der Waals surface area contributed by atoms with Gasteiger partial charge in [-0.05, 0) is 68.0 Å². The van der Waals surface area contributed by atoms with Crippen LogP contribution in [0.4, 0.5) is 18.9 Å². The van der Waals surface area contributed by atoms with Crippen LogP contribution in [0, 0.1) is 0 Å². The summed E-state index contributed by atoms with van der Waals surface area (Å²) in [5, 5.41) is 7.30. The van der Waals surface area contributed by atoms with Gasteiger partial charge in [0.05, 0.1) is 17.5 Å². The second-order valence-electron chi connectivity index (χ2n) is 9.49. The van der Waals surface area contributed by atoms with E-state index in [0.717, 1.165) is 47.5 Å². The maximum atomic E-state index is 13.1. The summed E-state index contributed by atoms with van der Waals surface area (Å²) in [7, 11) is 4.10. The van der Waals surface area contributed by atoms with E-state index in [-0.39, 0.29) is 5.56 Å². The Bertz CT molecular complexity index is 1640. The lowest BCUT2D eigenvalue weighted by atomic mass is 10.0. The largest absolute Gasteiger partial charge is 0.416 e. The normalized spacial score (nSPS) is 11.7. The van der Waals surface area contributed by atoms with Gasteiger partial charge in [0.2, 0.25) is 0 Å². The van der Waals surface area contributed by atoms with Crippen LogP contribution in [0.5, 0.6) is 0 Å². The minimum absolute atomic E-state index is 0.0777. The van der Waals surface area contributed by atoms with Crippen molar-refractivity contribution in [1.29, 1.82) is 0 Å². The molecule has 2 heterocycles. The molecular formula is C30H26F3N5O. The van der Waals surface area contributed by atoms with Crippen LogP contribution in [-0.2, 0) is 12.6 Å². The van der Waals surface area contributed by atoms with Crippen molar-refractivity contribution < 1.29 is 18.0 Å². The number of carbonyl (C=O) groups is 1. The van der Waals surface area contributed by atoms with E-state index in [4.69, 9.17) is 0 Å². The monoisotopic (exact) mass is 529 g/mol. The van der Waals surface area contributed by atoms with Crippen molar-refractivity contribution in [2.24, 2.45) is 0 Å². The van der Waals surface area contributed by atoms with E-state index in [9.17, 15) is 18.0 Å². The van der Waals surface area contributed by atoms with Crippen molar-refractivity contribution in [2.45, 2.75) is 12.6 Å². The van der Waals surface area contributed by atoms with Gasteiger partial charge in [0, 0.05) is 35.1 Å². The minimum Gasteiger partial charge on any atom is -0.322 e. The van der Waals surface area contributed by atoms with E-state index >= 15 is 0 Å². The van der Waals surface area contributed by atoms with Gasteiger partial charge < -0.3 is 10.2 Å². The molecule has 6 nitrogen and oxygen atoms in total. The van der Waals surface area contributed by atoms with Crippen LogP contribution in [0.1, 0.15) is 21.5 Å². The summed E-state index contributed by atoms with van der Waals surface area (Å²) in [4.78, 5) is 19.4. The smallest absolute Gasteiger partial charge is 0.322 e. The lowest BCUT2D eigenvalue weighted by Gasteiger charge is -2.11. The Morgan fingerprint density at radius 1 is 0.949 bits per heavy atom. The zero-order valence-electron chi connectivity index (χ0n) is 21.4. The Balaban J connectivity index is 1.43. The molecule has 5 aromatic rings. The Morgan fingerprint density at radius 2 is 1.72 bits per heavy atom. The summed E-state index contributed by atoms with van der Waals surface area (Å²) in [5.41, 5.74) is 4.85. The molecule has 0 atom stereocenters. The molecule has 0 aliphatic carbocycles. The lowest BCUT2D eigenvalue weighted by molar-refractivity contribution is -0.137. The second kappa shape index (κ2) is 10.7. The first-order valence-electron chi connectivity index (χ1n) is 12.3. The minimum atomic E-state index is -4.53. The van der Waals surface area contributed by atoms with Gasteiger partial charge in [-0.15, -0.1) is 0 Å². The predicted octanol–water partition coefficient (Wildman–Crippen LogP) is 6.44. The summed E-state index contributed by atoms with van der Waals surface area (Å²) in [6.45, 7) is 0.946. The SMILES string of the molecule is CN(C)CCc1cccc(-c2cnn3c(-c4cccc(NC(=O)c5cccc(C(F)(F)F)c5)c4)ccnc23)c1. The standard InChI is InChI=1S/C30H26F3N5O/c1-37(2)15-13-20-6-3-7-21(16-20)26-19-35-38-27(12-14-34-28(26)38)22-8-5-11-25(18-22)36-29(39)23-9-4-10-24(17-23)30(31,32)33/h3-12,14,16-19H,13,15H2,1-2H3,(H,36,39). The van der Waals surface area contributed by atoms with Crippen LogP contribution in [-0.4, -0.2) is 46.0 Å². The number of hydrogen-bond acceptors (Lipinski definition) is 4. The van der Waals surface area contributed by atoms with Gasteiger partial charge in [-0.1, -0.05) is 42.5 Å². The molecule has 9 heteroatoms. The van der Waals surface area contributed by atoms with Gasteiger partial charge in [0.1, 0.15) is 0 Å². The zero-order chi connectivity index (χ0) is 27.6. The number of rotatable bonds is 7. The number of nitrogens with zero attached hydrogens (tertiary/aromatic N) is 4. The van der Waals surface area contributed by atoms with E-state index in [1.807, 2.05) is 38.4 Å². The number of aromatic nitrogens is 3. The number of carbonyl (C=O) groups excluding carboxylic acids is 1. The summed E-state index contributed by atoms with van der Waals surface area (Å²) in [6.07, 6.45) is -0.105. The van der Waals surface area contributed by atoms with Gasteiger partial charge in [-0.25, -0.2) is 9.50 Å². The third-order valence-electron chi connectivity index (χ3n) is 6.36. The van der Waals surface area contributed by atoms with Crippen LogP contribution in [0.15, 0.2) is 91.3 Å². The number of anilines is 1. The second-order valence-corrected chi connectivity index (χ2v) is 9.49. The van der Waals surface area contributed by atoms with Crippen molar-refractivity contribution in [3.05, 3.63) is 108 Å². The fourth-order valence-corrected chi connectivity index (χ4v) is 4.36. The van der Waals surface area contributed by atoms with Gasteiger partial charge in [-0.3, -0.25) is 4.79 Å². The third-order valence-corrected chi connectivity index (χ3v) is 6.36. The van der Waals surface area contributed by atoms with Gasteiger partial charge in [-0.2, -0.15) is 18.3 Å². The molecule has 0 saturated heterocycles. The topological polar surface area (TPSA) is 62.5 Å². The molecule has 1 N–H and O–H groups in total. The third kappa shape index (κ3) is 5.83. The number of nitrogens with one attached hydrogen (secondary N) is 1. The molecule has 198 valence electrons. The fourth-order valence-electron chi connectivity index (χ4n) is 4.36. The summed E-state index contributed by atoms with van der Waals surface area (Å²) in [6, 6.07) is 21.6. The van der Waals surface area contributed by atoms with Crippen molar-refractivity contribution in [2.75, 3.05) is 26.0 Å². The van der Waals surface area contributed by atoms with E-state index in [1.165, 1.54) is 17.7 Å². The van der Waals surface area contributed by atoms with Gasteiger partial charge >= 0.3 is 6.18 Å². The number of benzene rings is 3. The number of likely N-dealkylation sites (N-methyl/N-ethyl adjacent to an activating group) is 1. The van der Waals surface area contributed by atoms with E-state index in [0.29, 0.717) is 11.3 Å². The van der Waals surface area contributed by atoms with Crippen molar-refractivity contribution in [1.82, 2.24) is 19.5 Å². The molecule has 5 rings (SSSR count). The Labute approximate surface area is 223 Å². The first kappa shape index (κ1) is 26.1. The molecule has 3 aromatic carbocycles. The van der Waals surface area contributed by atoms with Crippen LogP contribution in [0.25, 0.3) is 28.0 Å². The molecule has 1 amide bonds. The molecule has 0 radical (unpaired) electrons. The first-order valence-corrected chi connectivity index (χ1v) is 12.3. The molecule has 0 spiro atoms. The first-order chi connectivity index (χ1) is 18.7. The molecular weight excluding hydrogens is 503 g/mol.